The van der Waals surface area contributed by atoms with Crippen LogP contribution in [-0.2, 0) is 31.2 Å². The predicted molar refractivity (Wildman–Crippen MR) is 86.0 cm³/mol. The molecular formula is C14H20N2O5S2. The van der Waals surface area contributed by atoms with Gasteiger partial charge in [0.25, 0.3) is 0 Å². The maximum absolute atomic E-state index is 12.4. The van der Waals surface area contributed by atoms with Crippen molar-refractivity contribution >= 4 is 25.8 Å². The fourth-order valence-electron chi connectivity index (χ4n) is 2.49. The zero-order valence-corrected chi connectivity index (χ0v) is 14.6. The first-order valence-electron chi connectivity index (χ1n) is 7.09. The van der Waals surface area contributed by atoms with Gasteiger partial charge in [-0.15, -0.1) is 0 Å². The minimum absolute atomic E-state index is 0.0122. The van der Waals surface area contributed by atoms with Gasteiger partial charge in [-0.1, -0.05) is 12.1 Å². The minimum atomic E-state index is -3.80. The largest absolute Gasteiger partial charge is 0.352 e. The van der Waals surface area contributed by atoms with Crippen LogP contribution in [0.3, 0.4) is 0 Å². The Balaban J connectivity index is 2.12. The summed E-state index contributed by atoms with van der Waals surface area (Å²) in [5.74, 6) is -0.375. The Morgan fingerprint density at radius 3 is 2.35 bits per heavy atom. The molecule has 2 rings (SSSR count). The summed E-state index contributed by atoms with van der Waals surface area (Å²) in [5, 5.41) is 2.62. The van der Waals surface area contributed by atoms with Crippen LogP contribution in [0, 0.1) is 0 Å². The molecule has 0 aromatic heterocycles. The Morgan fingerprint density at radius 1 is 1.26 bits per heavy atom. The van der Waals surface area contributed by atoms with Gasteiger partial charge in [0, 0.05) is 19.0 Å². The van der Waals surface area contributed by atoms with Crippen LogP contribution < -0.4 is 10.0 Å². The van der Waals surface area contributed by atoms with Gasteiger partial charge in [-0.05, 0) is 31.0 Å². The van der Waals surface area contributed by atoms with Crippen molar-refractivity contribution in [2.75, 3.05) is 11.5 Å². The maximum Gasteiger partial charge on any atom is 0.241 e. The highest BCUT2D eigenvalue weighted by molar-refractivity contribution is 7.92. The summed E-state index contributed by atoms with van der Waals surface area (Å²) in [6.07, 6.45) is 0.259. The molecule has 1 saturated heterocycles. The topological polar surface area (TPSA) is 109 Å². The van der Waals surface area contributed by atoms with Crippen LogP contribution in [0.15, 0.2) is 29.2 Å². The normalized spacial score (nSPS) is 23.6. The SMILES string of the molecule is CC(=O)NCc1ccc(S(=O)(=O)N[C@@]2(C)CCS(=O)(=O)C2)cc1. The van der Waals surface area contributed by atoms with E-state index < -0.39 is 25.4 Å². The third kappa shape index (κ3) is 4.76. The molecule has 1 aliphatic rings. The van der Waals surface area contributed by atoms with Crippen molar-refractivity contribution in [2.24, 2.45) is 0 Å². The van der Waals surface area contributed by atoms with Crippen molar-refractivity contribution < 1.29 is 21.6 Å². The predicted octanol–water partition coefficient (Wildman–Crippen LogP) is 0.178. The van der Waals surface area contributed by atoms with Gasteiger partial charge in [-0.2, -0.15) is 0 Å². The quantitative estimate of drug-likeness (QED) is 0.778. The molecule has 0 aliphatic carbocycles. The second kappa shape index (κ2) is 6.21. The second-order valence-corrected chi connectivity index (χ2v) is 9.93. The van der Waals surface area contributed by atoms with Crippen LogP contribution in [0.5, 0.6) is 0 Å². The van der Waals surface area contributed by atoms with Gasteiger partial charge in [-0.3, -0.25) is 4.79 Å². The summed E-state index contributed by atoms with van der Waals surface area (Å²) >= 11 is 0. The lowest BCUT2D eigenvalue weighted by atomic mass is 10.0. The molecular weight excluding hydrogens is 340 g/mol. The van der Waals surface area contributed by atoms with Crippen LogP contribution in [0.2, 0.25) is 0 Å². The first-order valence-corrected chi connectivity index (χ1v) is 10.4. The Labute approximate surface area is 136 Å². The molecule has 1 atom stereocenters. The minimum Gasteiger partial charge on any atom is -0.352 e. The fourth-order valence-corrected chi connectivity index (χ4v) is 6.11. The van der Waals surface area contributed by atoms with Crippen molar-refractivity contribution in [3.63, 3.8) is 0 Å². The summed E-state index contributed by atoms with van der Waals surface area (Å²) in [7, 11) is -7.00. The van der Waals surface area contributed by atoms with E-state index in [2.05, 4.69) is 10.0 Å². The molecule has 0 spiro atoms. The van der Waals surface area contributed by atoms with E-state index in [1.54, 1.807) is 19.1 Å². The first kappa shape index (κ1) is 17.9. The highest BCUT2D eigenvalue weighted by Gasteiger charge is 2.41. The smallest absolute Gasteiger partial charge is 0.241 e. The van der Waals surface area contributed by atoms with Crippen molar-refractivity contribution in [2.45, 2.75) is 37.2 Å². The standard InChI is InChI=1S/C14H20N2O5S2/c1-11(17)15-9-12-3-5-13(6-4-12)23(20,21)16-14(2)7-8-22(18,19)10-14/h3-6,16H,7-10H2,1-2H3,(H,15,17)/t14-/m0/s1. The van der Waals surface area contributed by atoms with Crippen LogP contribution in [0.4, 0.5) is 0 Å². The average Bonchev–Trinajstić information content (AvgIpc) is 2.69. The molecule has 9 heteroatoms. The molecule has 0 saturated carbocycles. The number of hydrogen-bond donors (Lipinski definition) is 2. The molecule has 1 aliphatic heterocycles. The number of sulfonamides is 1. The Kier molecular flexibility index (Phi) is 4.84. The number of carbonyl (C=O) groups is 1. The van der Waals surface area contributed by atoms with E-state index in [0.29, 0.717) is 6.54 Å². The molecule has 2 N–H and O–H groups in total. The van der Waals surface area contributed by atoms with Gasteiger partial charge in [0.1, 0.15) is 0 Å². The average molecular weight is 360 g/mol. The summed E-state index contributed by atoms with van der Waals surface area (Å²) in [5.41, 5.74) is -0.208. The third-order valence-corrected chi connectivity index (χ3v) is 7.22. The molecule has 1 amide bonds. The zero-order chi connectivity index (χ0) is 17.3. The van der Waals surface area contributed by atoms with Gasteiger partial charge in [0.05, 0.1) is 16.4 Å². The van der Waals surface area contributed by atoms with E-state index in [1.165, 1.54) is 19.1 Å². The molecule has 0 unspecified atom stereocenters. The number of amides is 1. The monoisotopic (exact) mass is 360 g/mol. The Hall–Kier alpha value is -1.45. The van der Waals surface area contributed by atoms with Gasteiger partial charge in [-0.25, -0.2) is 21.6 Å². The lowest BCUT2D eigenvalue weighted by Gasteiger charge is -2.23. The first-order chi connectivity index (χ1) is 10.5. The number of sulfone groups is 1. The summed E-state index contributed by atoms with van der Waals surface area (Å²) in [4.78, 5) is 10.9. The molecule has 23 heavy (non-hydrogen) atoms. The van der Waals surface area contributed by atoms with E-state index in [0.717, 1.165) is 5.56 Å². The molecule has 1 heterocycles. The number of carbonyl (C=O) groups excluding carboxylic acids is 1. The molecule has 1 aromatic rings. The lowest BCUT2D eigenvalue weighted by Crippen LogP contribution is -2.46. The van der Waals surface area contributed by atoms with Crippen LogP contribution in [0.1, 0.15) is 25.8 Å². The molecule has 1 aromatic carbocycles. The molecule has 7 nitrogen and oxygen atoms in total. The van der Waals surface area contributed by atoms with Crippen LogP contribution in [-0.4, -0.2) is 39.8 Å². The number of nitrogens with one attached hydrogen (secondary N) is 2. The van der Waals surface area contributed by atoms with Crippen molar-refractivity contribution in [1.82, 2.24) is 10.0 Å². The highest BCUT2D eigenvalue weighted by Crippen LogP contribution is 2.25. The Bertz CT molecular complexity index is 800. The number of hydrogen-bond acceptors (Lipinski definition) is 5. The summed E-state index contributed by atoms with van der Waals surface area (Å²) in [6.45, 7) is 3.32. The van der Waals surface area contributed by atoms with Crippen LogP contribution >= 0.6 is 0 Å². The van der Waals surface area contributed by atoms with E-state index in [9.17, 15) is 21.6 Å². The maximum atomic E-state index is 12.4. The fraction of sp³-hybridized carbons (Fsp3) is 0.500. The third-order valence-electron chi connectivity index (χ3n) is 3.66. The van der Waals surface area contributed by atoms with E-state index in [-0.39, 0.29) is 28.7 Å². The van der Waals surface area contributed by atoms with Gasteiger partial charge in [0.15, 0.2) is 9.84 Å². The molecule has 128 valence electrons. The lowest BCUT2D eigenvalue weighted by molar-refractivity contribution is -0.119. The van der Waals surface area contributed by atoms with Crippen molar-refractivity contribution in [1.29, 1.82) is 0 Å². The van der Waals surface area contributed by atoms with Gasteiger partial charge in [0.2, 0.25) is 15.9 Å². The number of rotatable bonds is 5. The molecule has 0 bridgehead atoms. The van der Waals surface area contributed by atoms with Crippen molar-refractivity contribution in [3.05, 3.63) is 29.8 Å². The summed E-state index contributed by atoms with van der Waals surface area (Å²) < 4.78 is 50.5. The van der Waals surface area contributed by atoms with Gasteiger partial charge < -0.3 is 5.32 Å². The van der Waals surface area contributed by atoms with E-state index in [1.807, 2.05) is 0 Å². The Morgan fingerprint density at radius 2 is 1.87 bits per heavy atom. The van der Waals surface area contributed by atoms with E-state index in [4.69, 9.17) is 0 Å². The van der Waals surface area contributed by atoms with E-state index >= 15 is 0 Å². The molecule has 1 fully saturated rings. The molecule has 0 radical (unpaired) electrons. The second-order valence-electron chi connectivity index (χ2n) is 6.06. The summed E-state index contributed by atoms with van der Waals surface area (Å²) in [6, 6.07) is 6.09. The van der Waals surface area contributed by atoms with Gasteiger partial charge >= 0.3 is 0 Å². The highest BCUT2D eigenvalue weighted by atomic mass is 32.2. The van der Waals surface area contributed by atoms with Crippen molar-refractivity contribution in [3.8, 4) is 0 Å². The van der Waals surface area contributed by atoms with Crippen LogP contribution in [0.25, 0.3) is 0 Å². The zero-order valence-electron chi connectivity index (χ0n) is 13.0. The number of benzene rings is 1.